The molecule has 0 radical (unpaired) electrons. The van der Waals surface area contributed by atoms with Crippen LogP contribution in [0.1, 0.15) is 5.56 Å². The number of rotatable bonds is 4. The van der Waals surface area contributed by atoms with Crippen molar-refractivity contribution in [1.82, 2.24) is 4.98 Å². The summed E-state index contributed by atoms with van der Waals surface area (Å²) >= 11 is 6.97. The maximum absolute atomic E-state index is 13.1. The molecule has 0 saturated heterocycles. The van der Waals surface area contributed by atoms with Crippen molar-refractivity contribution < 1.29 is 12.8 Å². The van der Waals surface area contributed by atoms with Gasteiger partial charge in [-0.3, -0.25) is 0 Å². The highest BCUT2D eigenvalue weighted by Gasteiger charge is 2.21. The minimum atomic E-state index is -3.64. The Hall–Kier alpha value is -1.76. The largest absolute Gasteiger partial charge is 0.225 e. The predicted octanol–water partition coefficient (Wildman–Crippen LogP) is 4.58. The zero-order valence-corrected chi connectivity index (χ0v) is 14.1. The minimum absolute atomic E-state index is 0.0248. The molecule has 0 unspecified atom stereocenters. The van der Waals surface area contributed by atoms with Crippen LogP contribution >= 0.6 is 22.9 Å². The van der Waals surface area contributed by atoms with E-state index in [9.17, 15) is 12.8 Å². The van der Waals surface area contributed by atoms with Crippen molar-refractivity contribution in [2.45, 2.75) is 10.1 Å². The lowest BCUT2D eigenvalue weighted by Gasteiger charge is -2.04. The molecule has 0 aliphatic carbocycles. The van der Waals surface area contributed by atoms with E-state index in [0.29, 0.717) is 11.3 Å². The topological polar surface area (TPSA) is 47.0 Å². The molecule has 2 aromatic carbocycles. The van der Waals surface area contributed by atoms with Crippen LogP contribution in [0.25, 0.3) is 11.3 Å². The van der Waals surface area contributed by atoms with Crippen LogP contribution in [0.15, 0.2) is 58.3 Å². The zero-order valence-electron chi connectivity index (χ0n) is 11.7. The Morgan fingerprint density at radius 3 is 2.57 bits per heavy atom. The molecule has 118 valence electrons. The van der Waals surface area contributed by atoms with Gasteiger partial charge < -0.3 is 0 Å². The van der Waals surface area contributed by atoms with E-state index in [4.69, 9.17) is 11.6 Å². The maximum atomic E-state index is 13.1. The van der Waals surface area contributed by atoms with Gasteiger partial charge in [-0.05, 0) is 17.7 Å². The molecule has 23 heavy (non-hydrogen) atoms. The van der Waals surface area contributed by atoms with Gasteiger partial charge in [0.2, 0.25) is 14.2 Å². The molecular formula is C16H11ClFNO2S2. The summed E-state index contributed by atoms with van der Waals surface area (Å²) in [5, 5.41) is 1.79. The number of aromatic nitrogens is 1. The van der Waals surface area contributed by atoms with E-state index < -0.39 is 15.7 Å². The number of hydrogen-bond donors (Lipinski definition) is 0. The molecule has 1 aromatic heterocycles. The van der Waals surface area contributed by atoms with Gasteiger partial charge in [-0.15, -0.1) is 11.3 Å². The van der Waals surface area contributed by atoms with E-state index in [-0.39, 0.29) is 15.1 Å². The molecule has 0 atom stereocenters. The lowest BCUT2D eigenvalue weighted by Crippen LogP contribution is -2.05. The molecule has 0 fully saturated rings. The Bertz CT molecular complexity index is 940. The molecule has 0 spiro atoms. The highest BCUT2D eigenvalue weighted by atomic mass is 35.5. The van der Waals surface area contributed by atoms with Crippen LogP contribution in [0.4, 0.5) is 4.39 Å². The third kappa shape index (κ3) is 3.60. The van der Waals surface area contributed by atoms with Crippen LogP contribution in [0, 0.1) is 5.82 Å². The summed E-state index contributed by atoms with van der Waals surface area (Å²) in [4.78, 5) is 4.21. The first-order valence-corrected chi connectivity index (χ1v) is 9.54. The SMILES string of the molecule is O=S(=O)(Cc1ccc(F)cc1Cl)c1nc(-c2ccccc2)cs1. The summed E-state index contributed by atoms with van der Waals surface area (Å²) in [6, 6.07) is 13.0. The van der Waals surface area contributed by atoms with Crippen molar-refractivity contribution in [3.8, 4) is 11.3 Å². The van der Waals surface area contributed by atoms with Crippen LogP contribution in [0.3, 0.4) is 0 Å². The Morgan fingerprint density at radius 2 is 1.87 bits per heavy atom. The van der Waals surface area contributed by atoms with Crippen LogP contribution in [-0.2, 0) is 15.6 Å². The highest BCUT2D eigenvalue weighted by molar-refractivity contribution is 7.92. The predicted molar refractivity (Wildman–Crippen MR) is 89.8 cm³/mol. The molecule has 1 heterocycles. The minimum Gasteiger partial charge on any atom is -0.225 e. The Morgan fingerprint density at radius 1 is 1.13 bits per heavy atom. The summed E-state index contributed by atoms with van der Waals surface area (Å²) < 4.78 is 38.0. The average molecular weight is 368 g/mol. The Balaban J connectivity index is 1.90. The molecule has 0 saturated carbocycles. The van der Waals surface area contributed by atoms with E-state index >= 15 is 0 Å². The Labute approximate surface area is 142 Å². The summed E-state index contributed by atoms with van der Waals surface area (Å²) in [5.74, 6) is -0.815. The second-order valence-electron chi connectivity index (χ2n) is 4.86. The van der Waals surface area contributed by atoms with Gasteiger partial charge in [0.05, 0.1) is 11.4 Å². The monoisotopic (exact) mass is 367 g/mol. The van der Waals surface area contributed by atoms with Crippen molar-refractivity contribution in [1.29, 1.82) is 0 Å². The fourth-order valence-corrected chi connectivity index (χ4v) is 4.84. The number of nitrogens with zero attached hydrogens (tertiary/aromatic N) is 1. The molecule has 0 aliphatic rings. The molecular weight excluding hydrogens is 357 g/mol. The molecule has 0 bridgehead atoms. The van der Waals surface area contributed by atoms with Gasteiger partial charge in [-0.25, -0.2) is 17.8 Å². The van der Waals surface area contributed by atoms with Gasteiger partial charge >= 0.3 is 0 Å². The maximum Gasteiger partial charge on any atom is 0.210 e. The number of sulfone groups is 1. The third-order valence-electron chi connectivity index (χ3n) is 3.18. The number of halogens is 2. The smallest absolute Gasteiger partial charge is 0.210 e. The fourth-order valence-electron chi connectivity index (χ4n) is 2.05. The van der Waals surface area contributed by atoms with E-state index in [0.717, 1.165) is 23.0 Å². The summed E-state index contributed by atoms with van der Waals surface area (Å²) in [5.41, 5.74) is 1.81. The Kier molecular flexibility index (Phi) is 4.48. The van der Waals surface area contributed by atoms with Gasteiger partial charge in [0.1, 0.15) is 5.82 Å². The van der Waals surface area contributed by atoms with Gasteiger partial charge in [0, 0.05) is 16.0 Å². The third-order valence-corrected chi connectivity index (χ3v) is 6.53. The van der Waals surface area contributed by atoms with E-state index in [1.165, 1.54) is 12.1 Å². The molecule has 3 nitrogen and oxygen atoms in total. The first-order valence-electron chi connectivity index (χ1n) is 6.63. The first kappa shape index (κ1) is 16.1. The molecule has 0 N–H and O–H groups in total. The summed E-state index contributed by atoms with van der Waals surface area (Å²) in [6.07, 6.45) is 0. The van der Waals surface area contributed by atoms with Crippen molar-refractivity contribution in [3.05, 3.63) is 70.3 Å². The standard InChI is InChI=1S/C16H11ClFNO2S2/c17-14-8-13(18)7-6-12(14)10-23(20,21)16-19-15(9-22-16)11-4-2-1-3-5-11/h1-9H,10H2. The van der Waals surface area contributed by atoms with Crippen LogP contribution in [-0.4, -0.2) is 13.4 Å². The molecule has 0 aliphatic heterocycles. The quantitative estimate of drug-likeness (QED) is 0.678. The fraction of sp³-hybridized carbons (Fsp3) is 0.0625. The summed E-state index contributed by atoms with van der Waals surface area (Å²) in [6.45, 7) is 0. The molecule has 3 aromatic rings. The molecule has 7 heteroatoms. The van der Waals surface area contributed by atoms with Crippen molar-refractivity contribution in [3.63, 3.8) is 0 Å². The normalized spacial score (nSPS) is 11.6. The van der Waals surface area contributed by atoms with Gasteiger partial charge in [-0.2, -0.15) is 0 Å². The van der Waals surface area contributed by atoms with Gasteiger partial charge in [0.15, 0.2) is 0 Å². The molecule has 3 rings (SSSR count). The lowest BCUT2D eigenvalue weighted by atomic mass is 10.2. The van der Waals surface area contributed by atoms with Crippen molar-refractivity contribution in [2.75, 3.05) is 0 Å². The van der Waals surface area contributed by atoms with E-state index in [2.05, 4.69) is 4.98 Å². The van der Waals surface area contributed by atoms with Crippen LogP contribution in [0.2, 0.25) is 5.02 Å². The highest BCUT2D eigenvalue weighted by Crippen LogP contribution is 2.28. The lowest BCUT2D eigenvalue weighted by molar-refractivity contribution is 0.594. The molecule has 0 amide bonds. The first-order chi connectivity index (χ1) is 11.0. The zero-order chi connectivity index (χ0) is 16.4. The average Bonchev–Trinajstić information content (AvgIpc) is 3.02. The van der Waals surface area contributed by atoms with Gasteiger partial charge in [-0.1, -0.05) is 48.0 Å². The number of benzene rings is 2. The van der Waals surface area contributed by atoms with Gasteiger partial charge in [0.25, 0.3) is 0 Å². The van der Waals surface area contributed by atoms with Crippen molar-refractivity contribution >= 4 is 32.8 Å². The van der Waals surface area contributed by atoms with Crippen LogP contribution in [0.5, 0.6) is 0 Å². The van der Waals surface area contributed by atoms with Crippen molar-refractivity contribution in [2.24, 2.45) is 0 Å². The summed E-state index contributed by atoms with van der Waals surface area (Å²) in [7, 11) is -3.64. The van der Waals surface area contributed by atoms with E-state index in [1.54, 1.807) is 5.38 Å². The van der Waals surface area contributed by atoms with E-state index in [1.807, 2.05) is 30.3 Å². The number of thiazole rings is 1. The second kappa shape index (κ2) is 6.39. The number of hydrogen-bond acceptors (Lipinski definition) is 4. The van der Waals surface area contributed by atoms with Crippen LogP contribution < -0.4 is 0 Å². The second-order valence-corrected chi connectivity index (χ2v) is 8.29.